The fourth-order valence-electron chi connectivity index (χ4n) is 3.98. The van der Waals surface area contributed by atoms with Crippen molar-refractivity contribution in [3.63, 3.8) is 0 Å². The predicted octanol–water partition coefficient (Wildman–Crippen LogP) is 2.41. The van der Waals surface area contributed by atoms with Crippen LogP contribution in [0.1, 0.15) is 10.4 Å². The molecule has 1 amide bonds. The first-order chi connectivity index (χ1) is 16.0. The summed E-state index contributed by atoms with van der Waals surface area (Å²) in [6.45, 7) is 3.82. The number of thiazole rings is 1. The third kappa shape index (κ3) is 4.59. The Balaban J connectivity index is 1.49. The van der Waals surface area contributed by atoms with E-state index >= 15 is 0 Å². The molecule has 0 bridgehead atoms. The number of anilines is 2. The third-order valence-corrected chi connectivity index (χ3v) is 8.46. The first kappa shape index (κ1) is 22.2. The number of hydrogen-bond donors (Lipinski definition) is 1. The number of fused-ring (bicyclic) bond motifs is 1. The highest BCUT2D eigenvalue weighted by Crippen LogP contribution is 2.32. The van der Waals surface area contributed by atoms with Crippen LogP contribution >= 0.6 is 11.3 Å². The zero-order chi connectivity index (χ0) is 22.8. The van der Waals surface area contributed by atoms with Gasteiger partial charge in [-0.1, -0.05) is 0 Å². The summed E-state index contributed by atoms with van der Waals surface area (Å²) in [5, 5.41) is 2.95. The molecule has 0 radical (unpaired) electrons. The minimum Gasteiger partial charge on any atom is -0.379 e. The van der Waals surface area contributed by atoms with Gasteiger partial charge in [0, 0.05) is 31.7 Å². The molecule has 0 saturated carbocycles. The van der Waals surface area contributed by atoms with Gasteiger partial charge in [0.15, 0.2) is 0 Å². The van der Waals surface area contributed by atoms with E-state index in [0.717, 1.165) is 15.9 Å². The second-order valence-corrected chi connectivity index (χ2v) is 10.6. The molecule has 9 nitrogen and oxygen atoms in total. The molecule has 33 heavy (non-hydrogen) atoms. The van der Waals surface area contributed by atoms with Crippen molar-refractivity contribution in [1.82, 2.24) is 9.29 Å². The van der Waals surface area contributed by atoms with Gasteiger partial charge in [-0.15, -0.1) is 11.3 Å². The number of carbonyl (C=O) groups is 1. The summed E-state index contributed by atoms with van der Waals surface area (Å²) in [6.07, 6.45) is 0. The molecule has 3 aromatic rings. The molecule has 2 fully saturated rings. The molecule has 11 heteroatoms. The fraction of sp³-hybridized carbons (Fsp3) is 0.364. The van der Waals surface area contributed by atoms with Crippen LogP contribution in [0.3, 0.4) is 0 Å². The summed E-state index contributed by atoms with van der Waals surface area (Å²) in [6, 6.07) is 10.3. The van der Waals surface area contributed by atoms with E-state index in [4.69, 9.17) is 9.47 Å². The Kier molecular flexibility index (Phi) is 6.30. The van der Waals surface area contributed by atoms with Crippen LogP contribution in [-0.2, 0) is 19.5 Å². The number of sulfonamides is 1. The second kappa shape index (κ2) is 9.35. The number of nitrogens with zero attached hydrogens (tertiary/aromatic N) is 3. The maximum Gasteiger partial charge on any atom is 0.255 e. The summed E-state index contributed by atoms with van der Waals surface area (Å²) in [5.74, 6) is -0.305. The topological polar surface area (TPSA) is 101 Å². The van der Waals surface area contributed by atoms with Crippen molar-refractivity contribution in [3.05, 3.63) is 47.5 Å². The van der Waals surface area contributed by atoms with Crippen LogP contribution in [-0.4, -0.2) is 76.2 Å². The molecule has 2 saturated heterocycles. The lowest BCUT2D eigenvalue weighted by atomic mass is 10.1. The van der Waals surface area contributed by atoms with Crippen LogP contribution in [0.15, 0.2) is 46.8 Å². The van der Waals surface area contributed by atoms with Crippen molar-refractivity contribution >= 4 is 48.9 Å². The van der Waals surface area contributed by atoms with Crippen molar-refractivity contribution in [2.24, 2.45) is 0 Å². The van der Waals surface area contributed by atoms with Gasteiger partial charge < -0.3 is 19.7 Å². The van der Waals surface area contributed by atoms with Crippen LogP contribution in [0.5, 0.6) is 0 Å². The second-order valence-electron chi connectivity index (χ2n) is 7.78. The Morgan fingerprint density at radius 3 is 2.45 bits per heavy atom. The maximum atomic E-state index is 13.2. The first-order valence-electron chi connectivity index (χ1n) is 10.7. The number of carbonyl (C=O) groups excluding carboxylic acids is 1. The third-order valence-electron chi connectivity index (χ3n) is 5.77. The molecule has 5 rings (SSSR count). The highest BCUT2D eigenvalue weighted by Gasteiger charge is 2.28. The summed E-state index contributed by atoms with van der Waals surface area (Å²) in [5.41, 5.74) is 4.29. The maximum absolute atomic E-state index is 13.2. The predicted molar refractivity (Wildman–Crippen MR) is 127 cm³/mol. The number of nitrogens with one attached hydrogen (secondary N) is 1. The molecule has 2 aromatic carbocycles. The van der Waals surface area contributed by atoms with Gasteiger partial charge in [0.2, 0.25) is 10.0 Å². The molecule has 174 valence electrons. The van der Waals surface area contributed by atoms with Gasteiger partial charge in [0.1, 0.15) is 0 Å². The van der Waals surface area contributed by atoms with E-state index in [1.807, 2.05) is 6.07 Å². The van der Waals surface area contributed by atoms with Crippen LogP contribution in [0.2, 0.25) is 0 Å². The van der Waals surface area contributed by atoms with Crippen LogP contribution in [0.4, 0.5) is 11.4 Å². The number of benzene rings is 2. The normalized spacial score (nSPS) is 17.9. The highest BCUT2D eigenvalue weighted by atomic mass is 32.2. The Hall–Kier alpha value is -2.57. The highest BCUT2D eigenvalue weighted by molar-refractivity contribution is 7.89. The molecule has 1 aromatic heterocycles. The van der Waals surface area contributed by atoms with Gasteiger partial charge in [0.05, 0.1) is 58.4 Å². The van der Waals surface area contributed by atoms with Gasteiger partial charge in [-0.25, -0.2) is 13.4 Å². The summed E-state index contributed by atoms with van der Waals surface area (Å²) < 4.78 is 39.5. The Morgan fingerprint density at radius 2 is 1.70 bits per heavy atom. The van der Waals surface area contributed by atoms with E-state index in [1.54, 1.807) is 35.8 Å². The number of amides is 1. The lowest BCUT2D eigenvalue weighted by Crippen LogP contribution is -2.40. The van der Waals surface area contributed by atoms with Gasteiger partial charge in [-0.05, 0) is 36.4 Å². The molecule has 2 aliphatic heterocycles. The molecular formula is C22H24N4O5S2. The van der Waals surface area contributed by atoms with E-state index < -0.39 is 10.0 Å². The van der Waals surface area contributed by atoms with Crippen LogP contribution < -0.4 is 10.2 Å². The zero-order valence-corrected chi connectivity index (χ0v) is 19.5. The van der Waals surface area contributed by atoms with Crippen LogP contribution in [0.25, 0.3) is 10.2 Å². The lowest BCUT2D eigenvalue weighted by Gasteiger charge is -2.31. The number of morpholine rings is 2. The number of hydrogen-bond acceptors (Lipinski definition) is 8. The van der Waals surface area contributed by atoms with Gasteiger partial charge in [0.25, 0.3) is 5.91 Å². The number of aromatic nitrogens is 1. The van der Waals surface area contributed by atoms with Gasteiger partial charge in [-0.3, -0.25) is 4.79 Å². The summed E-state index contributed by atoms with van der Waals surface area (Å²) in [4.78, 5) is 19.6. The minimum absolute atomic E-state index is 0.148. The van der Waals surface area contributed by atoms with E-state index in [0.29, 0.717) is 63.9 Å². The molecular weight excluding hydrogens is 464 g/mol. The van der Waals surface area contributed by atoms with Crippen molar-refractivity contribution in [2.45, 2.75) is 4.90 Å². The first-order valence-corrected chi connectivity index (χ1v) is 13.0. The van der Waals surface area contributed by atoms with E-state index in [1.165, 1.54) is 15.6 Å². The average molecular weight is 489 g/mol. The Morgan fingerprint density at radius 1 is 0.970 bits per heavy atom. The van der Waals surface area contributed by atoms with Gasteiger partial charge >= 0.3 is 0 Å². The monoisotopic (exact) mass is 488 g/mol. The Bertz CT molecular complexity index is 1260. The smallest absolute Gasteiger partial charge is 0.255 e. The van der Waals surface area contributed by atoms with E-state index in [-0.39, 0.29) is 10.8 Å². The van der Waals surface area contributed by atoms with Crippen molar-refractivity contribution in [1.29, 1.82) is 0 Å². The van der Waals surface area contributed by atoms with Gasteiger partial charge in [-0.2, -0.15) is 4.31 Å². The van der Waals surface area contributed by atoms with E-state index in [2.05, 4.69) is 15.2 Å². The number of rotatable bonds is 5. The molecule has 0 atom stereocenters. The molecule has 2 aliphatic rings. The Labute approximate surface area is 196 Å². The van der Waals surface area contributed by atoms with Crippen molar-refractivity contribution in [3.8, 4) is 0 Å². The lowest BCUT2D eigenvalue weighted by molar-refractivity contribution is 0.0730. The van der Waals surface area contributed by atoms with Crippen LogP contribution in [0, 0.1) is 0 Å². The summed E-state index contributed by atoms with van der Waals surface area (Å²) >= 11 is 1.46. The quantitative estimate of drug-likeness (QED) is 0.589. The SMILES string of the molecule is O=C(Nc1cc(S(=O)(=O)N2CCOCC2)ccc1N1CCOCC1)c1ccc2ncsc2c1. The minimum atomic E-state index is -3.70. The standard InChI is InChI=1S/C22H24N4O5S2/c27-22(16-1-3-18-21(13-16)32-15-23-18)24-19-14-17(33(28,29)26-7-11-31-12-8-26)2-4-20(19)25-5-9-30-10-6-25/h1-4,13-15H,5-12H2,(H,24,27). The molecule has 0 spiro atoms. The zero-order valence-electron chi connectivity index (χ0n) is 17.9. The van der Waals surface area contributed by atoms with Crippen molar-refractivity contribution in [2.75, 3.05) is 62.8 Å². The van der Waals surface area contributed by atoms with E-state index in [9.17, 15) is 13.2 Å². The summed E-state index contributed by atoms with van der Waals surface area (Å²) in [7, 11) is -3.70. The molecule has 3 heterocycles. The fourth-order valence-corrected chi connectivity index (χ4v) is 6.13. The molecule has 0 unspecified atom stereocenters. The largest absolute Gasteiger partial charge is 0.379 e. The van der Waals surface area contributed by atoms with Crippen molar-refractivity contribution < 1.29 is 22.7 Å². The molecule has 1 N–H and O–H groups in total. The number of ether oxygens (including phenoxy) is 2. The molecule has 0 aliphatic carbocycles. The average Bonchev–Trinajstić information content (AvgIpc) is 3.33.